The molecule has 0 aromatic heterocycles. The second-order valence-corrected chi connectivity index (χ2v) is 6.57. The molecule has 3 heteroatoms. The van der Waals surface area contributed by atoms with E-state index in [0.717, 1.165) is 25.6 Å². The van der Waals surface area contributed by atoms with Crippen LogP contribution in [0.3, 0.4) is 0 Å². The molecule has 0 bridgehead atoms. The van der Waals surface area contributed by atoms with Gasteiger partial charge in [0.1, 0.15) is 0 Å². The van der Waals surface area contributed by atoms with Gasteiger partial charge in [0.15, 0.2) is 0 Å². The van der Waals surface area contributed by atoms with Gasteiger partial charge in [-0.25, -0.2) is 0 Å². The van der Waals surface area contributed by atoms with E-state index in [1.807, 2.05) is 0 Å². The minimum Gasteiger partial charge on any atom is -0.368 e. The van der Waals surface area contributed by atoms with Crippen LogP contribution in [0.5, 0.6) is 0 Å². The van der Waals surface area contributed by atoms with Crippen LogP contribution >= 0.6 is 15.9 Å². The highest BCUT2D eigenvalue weighted by Gasteiger charge is 2.21. The van der Waals surface area contributed by atoms with E-state index in [4.69, 9.17) is 0 Å². The fourth-order valence-corrected chi connectivity index (χ4v) is 3.04. The third-order valence-electron chi connectivity index (χ3n) is 3.52. The fourth-order valence-electron chi connectivity index (χ4n) is 2.69. The van der Waals surface area contributed by atoms with Gasteiger partial charge in [-0.1, -0.05) is 35.8 Å². The molecule has 2 rings (SSSR count). The van der Waals surface area contributed by atoms with Crippen molar-refractivity contribution >= 4 is 21.6 Å². The number of anilines is 1. The number of rotatable bonds is 3. The number of hydrogen-bond acceptors (Lipinski definition) is 2. The Bertz CT molecular complexity index is 403. The van der Waals surface area contributed by atoms with Gasteiger partial charge in [-0.2, -0.15) is 0 Å². The molecule has 1 fully saturated rings. The highest BCUT2D eigenvalue weighted by molar-refractivity contribution is 9.10. The van der Waals surface area contributed by atoms with E-state index < -0.39 is 0 Å². The van der Waals surface area contributed by atoms with Crippen LogP contribution in [0.1, 0.15) is 25.8 Å². The Morgan fingerprint density at radius 3 is 2.94 bits per heavy atom. The van der Waals surface area contributed by atoms with Crippen molar-refractivity contribution in [1.29, 1.82) is 0 Å². The molecule has 1 heterocycles. The molecule has 0 amide bonds. The first-order valence-electron chi connectivity index (χ1n) is 6.80. The molecule has 1 unspecified atom stereocenters. The molecule has 1 aliphatic rings. The lowest BCUT2D eigenvalue weighted by Gasteiger charge is -2.37. The van der Waals surface area contributed by atoms with Crippen LogP contribution in [0.4, 0.5) is 5.69 Å². The first kappa shape index (κ1) is 13.9. The zero-order chi connectivity index (χ0) is 13.1. The van der Waals surface area contributed by atoms with E-state index in [2.05, 4.69) is 65.1 Å². The highest BCUT2D eigenvalue weighted by Crippen LogP contribution is 2.26. The SMILES string of the molecule is Cc1ccc(Br)cc1N1CCNC(CC(C)C)C1. The number of nitrogens with one attached hydrogen (secondary N) is 1. The molecule has 0 saturated carbocycles. The van der Waals surface area contributed by atoms with E-state index in [-0.39, 0.29) is 0 Å². The third-order valence-corrected chi connectivity index (χ3v) is 4.02. The van der Waals surface area contributed by atoms with Crippen molar-refractivity contribution < 1.29 is 0 Å². The van der Waals surface area contributed by atoms with E-state index in [0.29, 0.717) is 6.04 Å². The molecular formula is C15H23BrN2. The van der Waals surface area contributed by atoms with Gasteiger partial charge in [-0.3, -0.25) is 0 Å². The summed E-state index contributed by atoms with van der Waals surface area (Å²) in [7, 11) is 0. The van der Waals surface area contributed by atoms with Gasteiger partial charge in [0, 0.05) is 35.8 Å². The predicted molar refractivity (Wildman–Crippen MR) is 82.3 cm³/mol. The van der Waals surface area contributed by atoms with Gasteiger partial charge < -0.3 is 10.2 Å². The second kappa shape index (κ2) is 6.07. The zero-order valence-corrected chi connectivity index (χ0v) is 13.1. The summed E-state index contributed by atoms with van der Waals surface area (Å²) in [4.78, 5) is 2.52. The van der Waals surface area contributed by atoms with Crippen molar-refractivity contribution in [3.05, 3.63) is 28.2 Å². The average molecular weight is 311 g/mol. The lowest BCUT2D eigenvalue weighted by atomic mass is 10.0. The minimum atomic E-state index is 0.622. The van der Waals surface area contributed by atoms with Crippen molar-refractivity contribution in [2.24, 2.45) is 5.92 Å². The summed E-state index contributed by atoms with van der Waals surface area (Å²) in [6.07, 6.45) is 1.25. The van der Waals surface area contributed by atoms with E-state index >= 15 is 0 Å². The number of aryl methyl sites for hydroxylation is 1. The predicted octanol–water partition coefficient (Wildman–Crippen LogP) is 3.58. The fraction of sp³-hybridized carbons (Fsp3) is 0.600. The third kappa shape index (κ3) is 3.48. The van der Waals surface area contributed by atoms with E-state index in [9.17, 15) is 0 Å². The van der Waals surface area contributed by atoms with Gasteiger partial charge in [0.25, 0.3) is 0 Å². The van der Waals surface area contributed by atoms with E-state index in [1.54, 1.807) is 0 Å². The summed E-state index contributed by atoms with van der Waals surface area (Å²) in [6.45, 7) is 10.1. The van der Waals surface area contributed by atoms with E-state index in [1.165, 1.54) is 22.1 Å². The van der Waals surface area contributed by atoms with Crippen molar-refractivity contribution in [3.63, 3.8) is 0 Å². The summed E-state index contributed by atoms with van der Waals surface area (Å²) >= 11 is 3.58. The van der Waals surface area contributed by atoms with Crippen molar-refractivity contribution in [2.75, 3.05) is 24.5 Å². The Kier molecular flexibility index (Phi) is 4.68. The number of hydrogen-bond donors (Lipinski definition) is 1. The average Bonchev–Trinajstić information content (AvgIpc) is 2.32. The van der Waals surface area contributed by atoms with Crippen molar-refractivity contribution in [1.82, 2.24) is 5.32 Å². The van der Waals surface area contributed by atoms with Crippen LogP contribution in [0.25, 0.3) is 0 Å². The van der Waals surface area contributed by atoms with Crippen LogP contribution in [0.2, 0.25) is 0 Å². The molecule has 1 saturated heterocycles. The zero-order valence-electron chi connectivity index (χ0n) is 11.5. The first-order chi connectivity index (χ1) is 8.56. The standard InChI is InChI=1S/C15H23BrN2/c1-11(2)8-14-10-18(7-6-17-14)15-9-13(16)5-4-12(15)3/h4-5,9,11,14,17H,6-8,10H2,1-3H3. The summed E-state index contributed by atoms with van der Waals surface area (Å²) in [5.41, 5.74) is 2.74. The molecule has 1 atom stereocenters. The summed E-state index contributed by atoms with van der Waals surface area (Å²) in [6, 6.07) is 7.18. The molecule has 1 N–H and O–H groups in total. The summed E-state index contributed by atoms with van der Waals surface area (Å²) < 4.78 is 1.17. The molecule has 18 heavy (non-hydrogen) atoms. The Morgan fingerprint density at radius 1 is 1.44 bits per heavy atom. The van der Waals surface area contributed by atoms with Gasteiger partial charge in [-0.15, -0.1) is 0 Å². The molecule has 100 valence electrons. The van der Waals surface area contributed by atoms with Crippen LogP contribution in [-0.2, 0) is 0 Å². The number of benzene rings is 1. The van der Waals surface area contributed by atoms with Crippen LogP contribution in [0.15, 0.2) is 22.7 Å². The smallest absolute Gasteiger partial charge is 0.0408 e. The molecular weight excluding hydrogens is 288 g/mol. The Balaban J connectivity index is 2.10. The van der Waals surface area contributed by atoms with Gasteiger partial charge in [0.2, 0.25) is 0 Å². The number of halogens is 1. The maximum absolute atomic E-state index is 3.63. The Hall–Kier alpha value is -0.540. The van der Waals surface area contributed by atoms with Gasteiger partial charge in [0.05, 0.1) is 0 Å². The van der Waals surface area contributed by atoms with Crippen LogP contribution in [-0.4, -0.2) is 25.7 Å². The van der Waals surface area contributed by atoms with Gasteiger partial charge >= 0.3 is 0 Å². The first-order valence-corrected chi connectivity index (χ1v) is 7.60. The Labute approximate surface area is 119 Å². The van der Waals surface area contributed by atoms with Crippen LogP contribution in [0, 0.1) is 12.8 Å². The maximum atomic E-state index is 3.63. The van der Waals surface area contributed by atoms with Crippen LogP contribution < -0.4 is 10.2 Å². The molecule has 0 spiro atoms. The quantitative estimate of drug-likeness (QED) is 0.918. The second-order valence-electron chi connectivity index (χ2n) is 5.66. The van der Waals surface area contributed by atoms with Crippen molar-refractivity contribution in [3.8, 4) is 0 Å². The molecule has 0 radical (unpaired) electrons. The molecule has 1 aromatic rings. The maximum Gasteiger partial charge on any atom is 0.0408 e. The molecule has 0 aliphatic carbocycles. The lowest BCUT2D eigenvalue weighted by molar-refractivity contribution is 0.388. The molecule has 1 aromatic carbocycles. The van der Waals surface area contributed by atoms with Crippen molar-refractivity contribution in [2.45, 2.75) is 33.2 Å². The highest BCUT2D eigenvalue weighted by atomic mass is 79.9. The number of piperazine rings is 1. The topological polar surface area (TPSA) is 15.3 Å². The summed E-state index contributed by atoms with van der Waals surface area (Å²) in [5.74, 6) is 0.756. The van der Waals surface area contributed by atoms with Gasteiger partial charge in [-0.05, 0) is 37.0 Å². The molecule has 2 nitrogen and oxygen atoms in total. The molecule has 1 aliphatic heterocycles. The lowest BCUT2D eigenvalue weighted by Crippen LogP contribution is -2.51. The normalized spacial score (nSPS) is 20.5. The minimum absolute atomic E-state index is 0.622. The summed E-state index contributed by atoms with van der Waals surface area (Å²) in [5, 5.41) is 3.63. The number of nitrogens with zero attached hydrogens (tertiary/aromatic N) is 1. The monoisotopic (exact) mass is 310 g/mol. The largest absolute Gasteiger partial charge is 0.368 e. The Morgan fingerprint density at radius 2 is 2.22 bits per heavy atom.